The van der Waals surface area contributed by atoms with E-state index in [-0.39, 0.29) is 11.7 Å². The minimum absolute atomic E-state index is 0.0515. The van der Waals surface area contributed by atoms with Crippen LogP contribution in [0.1, 0.15) is 51.9 Å². The standard InChI is InChI=1S/C12H21NO2/c1-3-11(14)15-12-8-4-6-10(13(12)2)7-5-9-12/h10H,3-9H2,1-2H3. The Labute approximate surface area is 91.8 Å². The number of esters is 1. The summed E-state index contributed by atoms with van der Waals surface area (Å²) in [7, 11) is 2.12. The van der Waals surface area contributed by atoms with Crippen molar-refractivity contribution in [1.82, 2.24) is 4.90 Å². The number of hydrogen-bond acceptors (Lipinski definition) is 3. The normalized spacial score (nSPS) is 36.3. The molecule has 0 aromatic rings. The molecule has 2 aliphatic rings. The monoisotopic (exact) mass is 211 g/mol. The zero-order valence-corrected chi connectivity index (χ0v) is 9.79. The minimum atomic E-state index is -0.256. The van der Waals surface area contributed by atoms with Crippen LogP contribution < -0.4 is 0 Å². The Morgan fingerprint density at radius 3 is 2.53 bits per heavy atom. The first kappa shape index (κ1) is 10.9. The smallest absolute Gasteiger partial charge is 0.307 e. The molecule has 0 atom stereocenters. The van der Waals surface area contributed by atoms with Gasteiger partial charge in [-0.05, 0) is 32.7 Å². The number of rotatable bonds is 2. The lowest BCUT2D eigenvalue weighted by molar-refractivity contribution is -0.209. The van der Waals surface area contributed by atoms with E-state index in [0.29, 0.717) is 12.5 Å². The van der Waals surface area contributed by atoms with Gasteiger partial charge in [0.2, 0.25) is 0 Å². The molecule has 15 heavy (non-hydrogen) atoms. The van der Waals surface area contributed by atoms with Gasteiger partial charge in [0.15, 0.2) is 5.72 Å². The predicted octanol–water partition coefficient (Wildman–Crippen LogP) is 2.30. The van der Waals surface area contributed by atoms with Crippen molar-refractivity contribution in [1.29, 1.82) is 0 Å². The van der Waals surface area contributed by atoms with Crippen LogP contribution in [0.2, 0.25) is 0 Å². The summed E-state index contributed by atoms with van der Waals surface area (Å²) in [5, 5.41) is 0. The van der Waals surface area contributed by atoms with Crippen molar-refractivity contribution in [2.75, 3.05) is 7.05 Å². The van der Waals surface area contributed by atoms with Crippen molar-refractivity contribution in [3.05, 3.63) is 0 Å². The average molecular weight is 211 g/mol. The third-order valence-electron chi connectivity index (χ3n) is 3.99. The van der Waals surface area contributed by atoms with Gasteiger partial charge in [-0.3, -0.25) is 9.69 Å². The number of carbonyl (C=O) groups is 1. The molecule has 2 bridgehead atoms. The summed E-state index contributed by atoms with van der Waals surface area (Å²) in [5.41, 5.74) is -0.256. The largest absolute Gasteiger partial charge is 0.444 e. The molecule has 3 heteroatoms. The molecule has 0 aliphatic carbocycles. The van der Waals surface area contributed by atoms with Crippen molar-refractivity contribution in [3.8, 4) is 0 Å². The van der Waals surface area contributed by atoms with E-state index < -0.39 is 0 Å². The summed E-state index contributed by atoms with van der Waals surface area (Å²) in [5.74, 6) is -0.0515. The van der Waals surface area contributed by atoms with Gasteiger partial charge >= 0.3 is 5.97 Å². The molecule has 0 N–H and O–H groups in total. The first-order valence-corrected chi connectivity index (χ1v) is 6.13. The summed E-state index contributed by atoms with van der Waals surface area (Å²) >= 11 is 0. The molecule has 0 unspecified atom stereocenters. The Balaban J connectivity index is 2.12. The highest BCUT2D eigenvalue weighted by molar-refractivity contribution is 5.69. The Kier molecular flexibility index (Phi) is 3.01. The van der Waals surface area contributed by atoms with E-state index in [1.165, 1.54) is 25.7 Å². The summed E-state index contributed by atoms with van der Waals surface area (Å²) in [6.45, 7) is 1.86. The van der Waals surface area contributed by atoms with E-state index in [1.54, 1.807) is 0 Å². The lowest BCUT2D eigenvalue weighted by atomic mass is 9.82. The predicted molar refractivity (Wildman–Crippen MR) is 58.4 cm³/mol. The van der Waals surface area contributed by atoms with Crippen molar-refractivity contribution in [2.45, 2.75) is 63.6 Å². The van der Waals surface area contributed by atoms with E-state index in [4.69, 9.17) is 4.74 Å². The van der Waals surface area contributed by atoms with Gasteiger partial charge < -0.3 is 4.74 Å². The fourth-order valence-corrected chi connectivity index (χ4v) is 3.03. The highest BCUT2D eigenvalue weighted by atomic mass is 16.6. The number of piperidine rings is 2. The van der Waals surface area contributed by atoms with Crippen molar-refractivity contribution >= 4 is 5.97 Å². The zero-order chi connectivity index (χ0) is 10.9. The summed E-state index contributed by atoms with van der Waals surface area (Å²) in [6, 6.07) is 0.636. The summed E-state index contributed by atoms with van der Waals surface area (Å²) < 4.78 is 5.70. The lowest BCUT2D eigenvalue weighted by Crippen LogP contribution is -2.59. The van der Waals surface area contributed by atoms with Crippen LogP contribution in [0.15, 0.2) is 0 Å². The molecule has 0 radical (unpaired) electrons. The molecule has 0 amide bonds. The molecule has 2 heterocycles. The molecule has 2 rings (SSSR count). The maximum Gasteiger partial charge on any atom is 0.307 e. The first-order valence-electron chi connectivity index (χ1n) is 6.13. The van der Waals surface area contributed by atoms with Crippen LogP contribution in [0.5, 0.6) is 0 Å². The van der Waals surface area contributed by atoms with Gasteiger partial charge in [-0.25, -0.2) is 0 Å². The van der Waals surface area contributed by atoms with Crippen LogP contribution in [-0.4, -0.2) is 29.7 Å². The number of nitrogens with zero attached hydrogens (tertiary/aromatic N) is 1. The van der Waals surface area contributed by atoms with Crippen LogP contribution in [0.25, 0.3) is 0 Å². The maximum atomic E-state index is 11.5. The van der Waals surface area contributed by atoms with Gasteiger partial charge in [0.05, 0.1) is 0 Å². The first-order chi connectivity index (χ1) is 7.18. The zero-order valence-electron chi connectivity index (χ0n) is 9.79. The van der Waals surface area contributed by atoms with E-state index in [2.05, 4.69) is 11.9 Å². The van der Waals surface area contributed by atoms with E-state index in [0.717, 1.165) is 12.8 Å². The number of hydrogen-bond donors (Lipinski definition) is 0. The van der Waals surface area contributed by atoms with Gasteiger partial charge in [-0.2, -0.15) is 0 Å². The fourth-order valence-electron chi connectivity index (χ4n) is 3.03. The molecule has 0 aromatic carbocycles. The molecule has 2 saturated heterocycles. The SMILES string of the molecule is CCC(=O)OC12CCCC(CCC1)N2C. The number of ether oxygens (including phenoxy) is 1. The van der Waals surface area contributed by atoms with Crippen LogP contribution >= 0.6 is 0 Å². The molecular weight excluding hydrogens is 190 g/mol. The third-order valence-corrected chi connectivity index (χ3v) is 3.99. The molecule has 2 fully saturated rings. The second-order valence-corrected chi connectivity index (χ2v) is 4.82. The molecule has 2 aliphatic heterocycles. The molecule has 86 valence electrons. The van der Waals surface area contributed by atoms with Gasteiger partial charge in [0.25, 0.3) is 0 Å². The molecule has 0 aromatic heterocycles. The Morgan fingerprint density at radius 2 is 2.00 bits per heavy atom. The summed E-state index contributed by atoms with van der Waals surface area (Å²) in [6.07, 6.45) is 7.46. The van der Waals surface area contributed by atoms with Crippen molar-refractivity contribution < 1.29 is 9.53 Å². The fraction of sp³-hybridized carbons (Fsp3) is 0.917. The highest BCUT2D eigenvalue weighted by Crippen LogP contribution is 2.41. The van der Waals surface area contributed by atoms with Crippen molar-refractivity contribution in [2.24, 2.45) is 0 Å². The van der Waals surface area contributed by atoms with E-state index >= 15 is 0 Å². The molecule has 3 nitrogen and oxygen atoms in total. The van der Waals surface area contributed by atoms with E-state index in [1.807, 2.05) is 6.92 Å². The topological polar surface area (TPSA) is 29.5 Å². The van der Waals surface area contributed by atoms with Gasteiger partial charge in [-0.15, -0.1) is 0 Å². The second-order valence-electron chi connectivity index (χ2n) is 4.82. The van der Waals surface area contributed by atoms with Gasteiger partial charge in [0.1, 0.15) is 0 Å². The minimum Gasteiger partial charge on any atom is -0.444 e. The highest BCUT2D eigenvalue weighted by Gasteiger charge is 2.46. The number of carbonyl (C=O) groups excluding carboxylic acids is 1. The lowest BCUT2D eigenvalue weighted by Gasteiger charge is -2.52. The summed E-state index contributed by atoms with van der Waals surface area (Å²) in [4.78, 5) is 13.8. The molecular formula is C12H21NO2. The Bertz CT molecular complexity index is 242. The molecule has 0 spiro atoms. The Morgan fingerprint density at radius 1 is 1.40 bits per heavy atom. The second kappa shape index (κ2) is 4.12. The van der Waals surface area contributed by atoms with Gasteiger partial charge in [0, 0.05) is 25.3 Å². The van der Waals surface area contributed by atoms with Gasteiger partial charge in [-0.1, -0.05) is 6.92 Å². The third kappa shape index (κ3) is 1.89. The van der Waals surface area contributed by atoms with Crippen LogP contribution in [0.3, 0.4) is 0 Å². The average Bonchev–Trinajstić information content (AvgIpc) is 2.20. The van der Waals surface area contributed by atoms with Crippen LogP contribution in [0, 0.1) is 0 Å². The number of fused-ring (bicyclic) bond motifs is 2. The Hall–Kier alpha value is -0.570. The molecule has 0 saturated carbocycles. The van der Waals surface area contributed by atoms with E-state index in [9.17, 15) is 4.79 Å². The quantitative estimate of drug-likeness (QED) is 0.656. The van der Waals surface area contributed by atoms with Crippen molar-refractivity contribution in [3.63, 3.8) is 0 Å². The maximum absolute atomic E-state index is 11.5. The van der Waals surface area contributed by atoms with Crippen LogP contribution in [0.4, 0.5) is 0 Å². The van der Waals surface area contributed by atoms with Crippen LogP contribution in [-0.2, 0) is 9.53 Å².